The number of rotatable bonds is 5. The molecule has 2 aromatic carbocycles. The number of Topliss-reactive ketones (excluding diaryl/α,β-unsaturated/α-hetero) is 1. The van der Waals surface area contributed by atoms with Crippen LogP contribution in [-0.4, -0.2) is 26.5 Å². The Morgan fingerprint density at radius 3 is 2.30 bits per heavy atom. The van der Waals surface area contributed by atoms with Gasteiger partial charge in [0.1, 0.15) is 5.78 Å². The molecule has 0 N–H and O–H groups in total. The average Bonchev–Trinajstić information content (AvgIpc) is 2.67. The zero-order chi connectivity index (χ0) is 19.6. The van der Waals surface area contributed by atoms with Gasteiger partial charge >= 0.3 is 0 Å². The largest absolute Gasteiger partial charge is 0.493 e. The van der Waals surface area contributed by atoms with E-state index in [1.807, 2.05) is 45.0 Å². The van der Waals surface area contributed by atoms with Gasteiger partial charge in [-0.3, -0.25) is 4.79 Å². The van der Waals surface area contributed by atoms with Crippen molar-refractivity contribution in [3.63, 3.8) is 0 Å². The fraction of sp³-hybridized carbons (Fsp3) is 0.435. The first-order valence-electron chi connectivity index (χ1n) is 9.45. The Balaban J connectivity index is 2.07. The quantitative estimate of drug-likeness (QED) is 0.760. The maximum absolute atomic E-state index is 12.9. The lowest BCUT2D eigenvalue weighted by Gasteiger charge is -2.40. The normalized spacial score (nSPS) is 16.6. The number of para-hydroxylation sites is 1. The van der Waals surface area contributed by atoms with Crippen molar-refractivity contribution in [3.8, 4) is 11.5 Å². The van der Waals surface area contributed by atoms with Crippen LogP contribution in [0.2, 0.25) is 0 Å². The van der Waals surface area contributed by atoms with Gasteiger partial charge in [-0.2, -0.15) is 0 Å². The summed E-state index contributed by atoms with van der Waals surface area (Å²) in [6.45, 7) is 6.83. The molecule has 0 radical (unpaired) electrons. The zero-order valence-electron chi connectivity index (χ0n) is 16.9. The van der Waals surface area contributed by atoms with E-state index in [9.17, 15) is 4.79 Å². The van der Waals surface area contributed by atoms with Crippen molar-refractivity contribution in [2.24, 2.45) is 5.41 Å². The number of anilines is 1. The Bertz CT molecular complexity index is 808. The lowest BCUT2D eigenvalue weighted by Crippen LogP contribution is -2.38. The van der Waals surface area contributed by atoms with Gasteiger partial charge in [0.25, 0.3) is 0 Å². The number of hydrogen-bond acceptors (Lipinski definition) is 4. The minimum Gasteiger partial charge on any atom is -0.493 e. The maximum atomic E-state index is 12.9. The smallest absolute Gasteiger partial charge is 0.161 e. The summed E-state index contributed by atoms with van der Waals surface area (Å²) in [5.74, 6) is 1.71. The van der Waals surface area contributed by atoms with Gasteiger partial charge in [-0.1, -0.05) is 39.0 Å². The highest BCUT2D eigenvalue weighted by Gasteiger charge is 2.33. The molecule has 1 aliphatic heterocycles. The number of benzene rings is 2. The predicted octanol–water partition coefficient (Wildman–Crippen LogP) is 4.81. The van der Waals surface area contributed by atoms with Crippen LogP contribution in [0.25, 0.3) is 0 Å². The Hall–Kier alpha value is -2.49. The molecule has 1 heterocycles. The number of ether oxygens (including phenoxy) is 2. The number of nitrogens with zero attached hydrogens (tertiary/aromatic N) is 1. The van der Waals surface area contributed by atoms with Gasteiger partial charge < -0.3 is 14.4 Å². The first kappa shape index (κ1) is 19.3. The molecule has 1 unspecified atom stereocenters. The van der Waals surface area contributed by atoms with Crippen LogP contribution in [-0.2, 0) is 11.2 Å². The van der Waals surface area contributed by atoms with Crippen LogP contribution in [0.15, 0.2) is 42.5 Å². The highest BCUT2D eigenvalue weighted by molar-refractivity contribution is 5.85. The van der Waals surface area contributed by atoms with Crippen molar-refractivity contribution in [1.82, 2.24) is 0 Å². The van der Waals surface area contributed by atoms with Crippen LogP contribution in [0.3, 0.4) is 0 Å². The topological polar surface area (TPSA) is 38.8 Å². The molecule has 0 aliphatic carbocycles. The van der Waals surface area contributed by atoms with Crippen molar-refractivity contribution in [2.45, 2.75) is 39.7 Å². The molecule has 0 fully saturated rings. The Morgan fingerprint density at radius 1 is 1.07 bits per heavy atom. The maximum Gasteiger partial charge on any atom is 0.161 e. The van der Waals surface area contributed by atoms with E-state index >= 15 is 0 Å². The summed E-state index contributed by atoms with van der Waals surface area (Å²) in [5.41, 5.74) is 3.16. The van der Waals surface area contributed by atoms with Gasteiger partial charge in [0.2, 0.25) is 0 Å². The first-order chi connectivity index (χ1) is 12.8. The summed E-state index contributed by atoms with van der Waals surface area (Å²) < 4.78 is 11.0. The van der Waals surface area contributed by atoms with Gasteiger partial charge in [-0.25, -0.2) is 0 Å². The molecular weight excluding hydrogens is 338 g/mol. The molecule has 27 heavy (non-hydrogen) atoms. The number of methoxy groups -OCH3 is 2. The number of carbonyl (C=O) groups excluding carboxylic acids is 1. The Labute approximate surface area is 162 Å². The third-order valence-electron chi connectivity index (χ3n) is 5.31. The van der Waals surface area contributed by atoms with Crippen molar-refractivity contribution in [2.75, 3.05) is 25.7 Å². The van der Waals surface area contributed by atoms with Crippen LogP contribution in [0.5, 0.6) is 11.5 Å². The number of ketones is 1. The van der Waals surface area contributed by atoms with Gasteiger partial charge in [-0.15, -0.1) is 0 Å². The average molecular weight is 367 g/mol. The van der Waals surface area contributed by atoms with Crippen molar-refractivity contribution in [1.29, 1.82) is 0 Å². The van der Waals surface area contributed by atoms with E-state index in [0.717, 1.165) is 30.0 Å². The highest BCUT2D eigenvalue weighted by Crippen LogP contribution is 2.42. The standard InChI is InChI=1S/C23H29NO3/c1-23(2,3)22(25)15-19-18-14-21(27-5)20(26-4)13-16(18)11-12-24(19)17-9-7-6-8-10-17/h6-10,13-14,19H,11-12,15H2,1-5H3. The summed E-state index contributed by atoms with van der Waals surface area (Å²) in [4.78, 5) is 15.3. The molecule has 144 valence electrons. The predicted molar refractivity (Wildman–Crippen MR) is 109 cm³/mol. The zero-order valence-corrected chi connectivity index (χ0v) is 16.9. The number of carbonyl (C=O) groups is 1. The van der Waals surface area contributed by atoms with Crippen LogP contribution < -0.4 is 14.4 Å². The third kappa shape index (κ3) is 3.95. The fourth-order valence-electron chi connectivity index (χ4n) is 3.66. The fourth-order valence-corrected chi connectivity index (χ4v) is 3.66. The summed E-state index contributed by atoms with van der Waals surface area (Å²) in [7, 11) is 3.31. The van der Waals surface area contributed by atoms with Gasteiger partial charge in [0, 0.05) is 24.1 Å². The van der Waals surface area contributed by atoms with Crippen LogP contribution >= 0.6 is 0 Å². The lowest BCUT2D eigenvalue weighted by molar-refractivity contribution is -0.126. The molecule has 2 aromatic rings. The molecule has 0 spiro atoms. The van der Waals surface area contributed by atoms with Crippen molar-refractivity contribution < 1.29 is 14.3 Å². The van der Waals surface area contributed by atoms with Gasteiger partial charge in [0.15, 0.2) is 11.5 Å². The Morgan fingerprint density at radius 2 is 1.70 bits per heavy atom. The molecular formula is C23H29NO3. The van der Waals surface area contributed by atoms with E-state index < -0.39 is 0 Å². The van der Waals surface area contributed by atoms with E-state index in [2.05, 4.69) is 23.1 Å². The molecule has 1 aliphatic rings. The molecule has 0 amide bonds. The lowest BCUT2D eigenvalue weighted by atomic mass is 9.82. The second kappa shape index (κ2) is 7.63. The highest BCUT2D eigenvalue weighted by atomic mass is 16.5. The van der Waals surface area contributed by atoms with Crippen LogP contribution in [0, 0.1) is 5.41 Å². The van der Waals surface area contributed by atoms with E-state index in [-0.39, 0.29) is 17.2 Å². The summed E-state index contributed by atoms with van der Waals surface area (Å²) in [5, 5.41) is 0. The van der Waals surface area contributed by atoms with E-state index in [4.69, 9.17) is 9.47 Å². The van der Waals surface area contributed by atoms with Gasteiger partial charge in [-0.05, 0) is 41.8 Å². The minimum absolute atomic E-state index is 0.0114. The van der Waals surface area contributed by atoms with Crippen molar-refractivity contribution >= 4 is 11.5 Å². The molecule has 0 aromatic heterocycles. The molecule has 1 atom stereocenters. The van der Waals surface area contributed by atoms with E-state index in [1.54, 1.807) is 14.2 Å². The second-order valence-corrected chi connectivity index (χ2v) is 8.08. The molecule has 0 saturated heterocycles. The monoisotopic (exact) mass is 367 g/mol. The number of hydrogen-bond donors (Lipinski definition) is 0. The molecule has 4 nitrogen and oxygen atoms in total. The molecule has 0 saturated carbocycles. The van der Waals surface area contributed by atoms with E-state index in [1.165, 1.54) is 5.56 Å². The summed E-state index contributed by atoms with van der Waals surface area (Å²) in [6, 6.07) is 14.4. The molecule has 0 bridgehead atoms. The SMILES string of the molecule is COc1cc2c(cc1OC)C(CC(=O)C(C)(C)C)N(c1ccccc1)CC2. The third-order valence-corrected chi connectivity index (χ3v) is 5.31. The van der Waals surface area contributed by atoms with E-state index in [0.29, 0.717) is 12.2 Å². The second-order valence-electron chi connectivity index (χ2n) is 8.08. The summed E-state index contributed by atoms with van der Waals surface area (Å²) in [6.07, 6.45) is 1.38. The Kier molecular flexibility index (Phi) is 5.45. The van der Waals surface area contributed by atoms with Crippen LogP contribution in [0.1, 0.15) is 44.4 Å². The van der Waals surface area contributed by atoms with Crippen molar-refractivity contribution in [3.05, 3.63) is 53.6 Å². The number of fused-ring (bicyclic) bond motifs is 1. The summed E-state index contributed by atoms with van der Waals surface area (Å²) >= 11 is 0. The molecule has 3 rings (SSSR count). The van der Waals surface area contributed by atoms with Crippen LogP contribution in [0.4, 0.5) is 5.69 Å². The first-order valence-corrected chi connectivity index (χ1v) is 9.45. The molecule has 4 heteroatoms. The minimum atomic E-state index is -0.365. The van der Waals surface area contributed by atoms with Gasteiger partial charge in [0.05, 0.1) is 20.3 Å².